The summed E-state index contributed by atoms with van der Waals surface area (Å²) < 4.78 is 1.67. The third-order valence-electron chi connectivity index (χ3n) is 3.85. The van der Waals surface area contributed by atoms with Gasteiger partial charge < -0.3 is 5.11 Å². The lowest BCUT2D eigenvalue weighted by molar-refractivity contribution is -0.152. The van der Waals surface area contributed by atoms with Crippen molar-refractivity contribution in [1.82, 2.24) is 14.8 Å². The van der Waals surface area contributed by atoms with Crippen molar-refractivity contribution in [3.8, 4) is 0 Å². The highest BCUT2D eigenvalue weighted by atomic mass is 16.4. The van der Waals surface area contributed by atoms with Gasteiger partial charge in [-0.25, -0.2) is 4.98 Å². The van der Waals surface area contributed by atoms with Crippen LogP contribution in [0.5, 0.6) is 0 Å². The van der Waals surface area contributed by atoms with Gasteiger partial charge in [-0.3, -0.25) is 9.48 Å². The van der Waals surface area contributed by atoms with Crippen LogP contribution in [0.25, 0.3) is 0 Å². The highest BCUT2D eigenvalue weighted by Crippen LogP contribution is 2.41. The van der Waals surface area contributed by atoms with Crippen LogP contribution >= 0.6 is 0 Å². The monoisotopic (exact) mass is 237 g/mol. The number of rotatable bonds is 3. The van der Waals surface area contributed by atoms with E-state index < -0.39 is 11.4 Å². The number of aromatic nitrogens is 3. The minimum Gasteiger partial charge on any atom is -0.481 e. The Morgan fingerprint density at radius 3 is 3.00 bits per heavy atom. The Hall–Kier alpha value is -1.39. The molecule has 0 radical (unpaired) electrons. The number of aryl methyl sites for hydroxylation is 1. The molecule has 1 N–H and O–H groups in total. The molecule has 0 saturated heterocycles. The highest BCUT2D eigenvalue weighted by Gasteiger charge is 2.42. The van der Waals surface area contributed by atoms with Crippen molar-refractivity contribution in [2.75, 3.05) is 0 Å². The lowest BCUT2D eigenvalue weighted by atomic mass is 9.68. The zero-order chi connectivity index (χ0) is 12.5. The predicted molar refractivity (Wildman–Crippen MR) is 62.4 cm³/mol. The van der Waals surface area contributed by atoms with Crippen molar-refractivity contribution in [1.29, 1.82) is 0 Å². The summed E-state index contributed by atoms with van der Waals surface area (Å²) in [5.41, 5.74) is -0.640. The molecule has 2 unspecified atom stereocenters. The quantitative estimate of drug-likeness (QED) is 0.867. The number of hydrogen-bond donors (Lipinski definition) is 1. The number of carboxylic acids is 1. The maximum absolute atomic E-state index is 11.6. The average Bonchev–Trinajstić information content (AvgIpc) is 2.64. The third-order valence-corrected chi connectivity index (χ3v) is 3.85. The van der Waals surface area contributed by atoms with Crippen molar-refractivity contribution >= 4 is 5.97 Å². The van der Waals surface area contributed by atoms with Crippen molar-refractivity contribution in [2.45, 2.75) is 39.0 Å². The lowest BCUT2D eigenvalue weighted by Crippen LogP contribution is -2.38. The van der Waals surface area contributed by atoms with Crippen molar-refractivity contribution in [3.05, 3.63) is 12.2 Å². The standard InChI is InChI=1S/C12H19N3O2/c1-9-4-3-5-12(6-9,11(16)17)7-10-13-8-14-15(10)2/h8-9H,3-7H2,1-2H3,(H,16,17). The van der Waals surface area contributed by atoms with Gasteiger partial charge in [0, 0.05) is 13.5 Å². The van der Waals surface area contributed by atoms with Crippen molar-refractivity contribution < 1.29 is 9.90 Å². The van der Waals surface area contributed by atoms with Gasteiger partial charge in [0.25, 0.3) is 0 Å². The smallest absolute Gasteiger partial charge is 0.310 e. The van der Waals surface area contributed by atoms with Gasteiger partial charge in [0.1, 0.15) is 12.2 Å². The number of aliphatic carboxylic acids is 1. The topological polar surface area (TPSA) is 68.0 Å². The first-order valence-electron chi connectivity index (χ1n) is 6.10. The zero-order valence-electron chi connectivity index (χ0n) is 10.4. The van der Waals surface area contributed by atoms with E-state index in [4.69, 9.17) is 0 Å². The van der Waals surface area contributed by atoms with Crippen LogP contribution in [-0.4, -0.2) is 25.8 Å². The summed E-state index contributed by atoms with van der Waals surface area (Å²) in [5, 5.41) is 13.5. The Balaban J connectivity index is 2.23. The molecule has 1 heterocycles. The van der Waals surface area contributed by atoms with E-state index in [9.17, 15) is 9.90 Å². The first-order chi connectivity index (χ1) is 8.03. The second kappa shape index (κ2) is 4.47. The molecular weight excluding hydrogens is 218 g/mol. The van der Waals surface area contributed by atoms with Crippen LogP contribution in [-0.2, 0) is 18.3 Å². The van der Waals surface area contributed by atoms with Gasteiger partial charge in [0.05, 0.1) is 5.41 Å². The summed E-state index contributed by atoms with van der Waals surface area (Å²) in [6.07, 6.45) is 5.59. The summed E-state index contributed by atoms with van der Waals surface area (Å²) in [6.45, 7) is 2.13. The molecular formula is C12H19N3O2. The minimum absolute atomic E-state index is 0.480. The largest absolute Gasteiger partial charge is 0.481 e. The fourth-order valence-electron chi connectivity index (χ4n) is 2.87. The molecule has 5 nitrogen and oxygen atoms in total. The van der Waals surface area contributed by atoms with Gasteiger partial charge in [-0.2, -0.15) is 5.10 Å². The molecule has 1 aliphatic rings. The minimum atomic E-state index is -0.688. The highest BCUT2D eigenvalue weighted by molar-refractivity contribution is 5.75. The second-order valence-corrected chi connectivity index (χ2v) is 5.26. The molecule has 1 saturated carbocycles. The summed E-state index contributed by atoms with van der Waals surface area (Å²) in [4.78, 5) is 15.8. The normalized spacial score (nSPS) is 29.2. The van der Waals surface area contributed by atoms with Crippen LogP contribution in [0.3, 0.4) is 0 Å². The Kier molecular flexibility index (Phi) is 3.17. The number of nitrogens with zero attached hydrogens (tertiary/aromatic N) is 3. The average molecular weight is 237 g/mol. The molecule has 17 heavy (non-hydrogen) atoms. The molecule has 5 heteroatoms. The Bertz CT molecular complexity index is 416. The van der Waals surface area contributed by atoms with Gasteiger partial charge in [0.2, 0.25) is 0 Å². The van der Waals surface area contributed by atoms with Gasteiger partial charge in [0.15, 0.2) is 0 Å². The number of carbonyl (C=O) groups is 1. The van der Waals surface area contributed by atoms with E-state index in [0.717, 1.165) is 31.5 Å². The van der Waals surface area contributed by atoms with Crippen LogP contribution in [0.1, 0.15) is 38.4 Å². The van der Waals surface area contributed by atoms with E-state index in [1.165, 1.54) is 6.33 Å². The molecule has 2 rings (SSSR count). The lowest BCUT2D eigenvalue weighted by Gasteiger charge is -2.36. The molecule has 0 aliphatic heterocycles. The van der Waals surface area contributed by atoms with E-state index in [1.807, 2.05) is 7.05 Å². The van der Waals surface area contributed by atoms with Crippen molar-refractivity contribution in [3.63, 3.8) is 0 Å². The molecule has 1 aromatic rings. The summed E-state index contributed by atoms with van der Waals surface area (Å²) in [5.74, 6) is 0.557. The van der Waals surface area contributed by atoms with Crippen LogP contribution in [0, 0.1) is 11.3 Å². The first kappa shape index (κ1) is 12.1. The fraction of sp³-hybridized carbons (Fsp3) is 0.750. The van der Waals surface area contributed by atoms with Crippen LogP contribution in [0.4, 0.5) is 0 Å². The molecule has 94 valence electrons. The number of hydrogen-bond acceptors (Lipinski definition) is 3. The van der Waals surface area contributed by atoms with Gasteiger partial charge >= 0.3 is 5.97 Å². The van der Waals surface area contributed by atoms with E-state index >= 15 is 0 Å². The number of carboxylic acid groups (broad SMARTS) is 1. The summed E-state index contributed by atoms with van der Waals surface area (Å²) in [6, 6.07) is 0. The van der Waals surface area contributed by atoms with Gasteiger partial charge in [-0.15, -0.1) is 0 Å². The second-order valence-electron chi connectivity index (χ2n) is 5.26. The molecule has 1 aromatic heterocycles. The molecule has 0 spiro atoms. The molecule has 0 amide bonds. The molecule has 0 bridgehead atoms. The fourth-order valence-corrected chi connectivity index (χ4v) is 2.87. The molecule has 1 aliphatic carbocycles. The Morgan fingerprint density at radius 2 is 2.47 bits per heavy atom. The zero-order valence-corrected chi connectivity index (χ0v) is 10.4. The Labute approximate surface area is 101 Å². The molecule has 1 fully saturated rings. The van der Waals surface area contributed by atoms with Crippen LogP contribution < -0.4 is 0 Å². The van der Waals surface area contributed by atoms with E-state index in [-0.39, 0.29) is 0 Å². The van der Waals surface area contributed by atoms with E-state index in [0.29, 0.717) is 12.3 Å². The molecule has 0 aromatic carbocycles. The van der Waals surface area contributed by atoms with Gasteiger partial charge in [-0.05, 0) is 18.8 Å². The Morgan fingerprint density at radius 1 is 1.71 bits per heavy atom. The summed E-state index contributed by atoms with van der Waals surface area (Å²) >= 11 is 0. The maximum Gasteiger partial charge on any atom is 0.310 e. The predicted octanol–water partition coefficient (Wildman–Crippen LogP) is 1.64. The summed E-state index contributed by atoms with van der Waals surface area (Å²) in [7, 11) is 1.81. The SMILES string of the molecule is CC1CCCC(Cc2ncnn2C)(C(=O)O)C1. The van der Waals surface area contributed by atoms with Crippen molar-refractivity contribution in [2.24, 2.45) is 18.4 Å². The van der Waals surface area contributed by atoms with E-state index in [2.05, 4.69) is 17.0 Å². The van der Waals surface area contributed by atoms with Crippen LogP contribution in [0.2, 0.25) is 0 Å². The maximum atomic E-state index is 11.6. The third kappa shape index (κ3) is 2.33. The van der Waals surface area contributed by atoms with E-state index in [1.54, 1.807) is 4.68 Å². The molecule has 2 atom stereocenters. The van der Waals surface area contributed by atoms with Gasteiger partial charge in [-0.1, -0.05) is 19.8 Å². The van der Waals surface area contributed by atoms with Crippen LogP contribution in [0.15, 0.2) is 6.33 Å². The first-order valence-corrected chi connectivity index (χ1v) is 6.10.